The maximum Gasteiger partial charge on any atom is 0.0899 e. The van der Waals surface area contributed by atoms with Crippen molar-refractivity contribution in [3.8, 4) is 0 Å². The summed E-state index contributed by atoms with van der Waals surface area (Å²) in [5.74, 6) is 0. The standard InChI is InChI=1S/C14H19NO/c1-13(7-2-10-15-13)11-3-5-12(6-4-11)14(16)8-9-14/h3-6,15-16H,2,7-10H2,1H3. The first kappa shape index (κ1) is 10.3. The topological polar surface area (TPSA) is 32.3 Å². The quantitative estimate of drug-likeness (QED) is 0.796. The Morgan fingerprint density at radius 2 is 1.69 bits per heavy atom. The second kappa shape index (κ2) is 3.31. The van der Waals surface area contributed by atoms with E-state index >= 15 is 0 Å². The maximum atomic E-state index is 10.0. The van der Waals surface area contributed by atoms with Crippen molar-refractivity contribution in [3.05, 3.63) is 35.4 Å². The lowest BCUT2D eigenvalue weighted by molar-refractivity contribution is 0.151. The zero-order valence-electron chi connectivity index (χ0n) is 9.79. The molecule has 2 N–H and O–H groups in total. The van der Waals surface area contributed by atoms with E-state index in [9.17, 15) is 5.11 Å². The number of rotatable bonds is 2. The minimum Gasteiger partial charge on any atom is -0.385 e. The predicted molar refractivity (Wildman–Crippen MR) is 64.2 cm³/mol. The van der Waals surface area contributed by atoms with Gasteiger partial charge in [0.15, 0.2) is 0 Å². The van der Waals surface area contributed by atoms with Crippen LogP contribution in [0.2, 0.25) is 0 Å². The molecule has 0 bridgehead atoms. The van der Waals surface area contributed by atoms with Crippen molar-refractivity contribution in [2.75, 3.05) is 6.54 Å². The molecule has 1 unspecified atom stereocenters. The van der Waals surface area contributed by atoms with Gasteiger partial charge in [-0.1, -0.05) is 24.3 Å². The third kappa shape index (κ3) is 1.57. The Hall–Kier alpha value is -0.860. The molecule has 0 radical (unpaired) electrons. The number of aliphatic hydroxyl groups is 1. The van der Waals surface area contributed by atoms with E-state index < -0.39 is 5.60 Å². The van der Waals surface area contributed by atoms with Gasteiger partial charge >= 0.3 is 0 Å². The fraction of sp³-hybridized carbons (Fsp3) is 0.571. The van der Waals surface area contributed by atoms with Crippen LogP contribution in [0, 0.1) is 0 Å². The molecule has 1 aromatic carbocycles. The van der Waals surface area contributed by atoms with Crippen LogP contribution in [0.5, 0.6) is 0 Å². The molecule has 2 aliphatic rings. The number of benzene rings is 1. The van der Waals surface area contributed by atoms with E-state index in [2.05, 4.69) is 36.5 Å². The molecular formula is C14H19NO. The van der Waals surface area contributed by atoms with Gasteiger partial charge in [-0.2, -0.15) is 0 Å². The van der Waals surface area contributed by atoms with Crippen molar-refractivity contribution in [1.29, 1.82) is 0 Å². The van der Waals surface area contributed by atoms with Crippen LogP contribution in [0.3, 0.4) is 0 Å². The summed E-state index contributed by atoms with van der Waals surface area (Å²) in [5.41, 5.74) is 2.07. The highest BCUT2D eigenvalue weighted by atomic mass is 16.3. The van der Waals surface area contributed by atoms with Gasteiger partial charge in [-0.05, 0) is 50.3 Å². The van der Waals surface area contributed by atoms with Crippen LogP contribution < -0.4 is 5.32 Å². The molecule has 16 heavy (non-hydrogen) atoms. The molecule has 2 nitrogen and oxygen atoms in total. The third-order valence-electron chi connectivity index (χ3n) is 4.15. The van der Waals surface area contributed by atoms with E-state index in [0.717, 1.165) is 24.9 Å². The van der Waals surface area contributed by atoms with Gasteiger partial charge in [0, 0.05) is 5.54 Å². The van der Waals surface area contributed by atoms with Crippen molar-refractivity contribution in [2.45, 2.75) is 43.7 Å². The van der Waals surface area contributed by atoms with Crippen molar-refractivity contribution < 1.29 is 5.11 Å². The first-order valence-corrected chi connectivity index (χ1v) is 6.21. The summed E-state index contributed by atoms with van der Waals surface area (Å²) in [6.07, 6.45) is 4.29. The summed E-state index contributed by atoms with van der Waals surface area (Å²) in [6, 6.07) is 8.52. The van der Waals surface area contributed by atoms with Crippen LogP contribution in [-0.4, -0.2) is 11.7 Å². The zero-order valence-corrected chi connectivity index (χ0v) is 9.79. The Labute approximate surface area is 96.7 Å². The molecule has 1 aliphatic heterocycles. The molecule has 0 aromatic heterocycles. The fourth-order valence-electron chi connectivity index (χ4n) is 2.70. The lowest BCUT2D eigenvalue weighted by Crippen LogP contribution is -2.33. The van der Waals surface area contributed by atoms with Crippen molar-refractivity contribution >= 4 is 0 Å². The molecule has 2 heteroatoms. The summed E-state index contributed by atoms with van der Waals surface area (Å²) in [6.45, 7) is 3.38. The lowest BCUT2D eigenvalue weighted by Gasteiger charge is -2.25. The second-order valence-electron chi connectivity index (χ2n) is 5.47. The van der Waals surface area contributed by atoms with Gasteiger partial charge in [-0.15, -0.1) is 0 Å². The number of hydrogen-bond acceptors (Lipinski definition) is 2. The third-order valence-corrected chi connectivity index (χ3v) is 4.15. The summed E-state index contributed by atoms with van der Waals surface area (Å²) in [4.78, 5) is 0. The van der Waals surface area contributed by atoms with Gasteiger partial charge in [0.2, 0.25) is 0 Å². The van der Waals surface area contributed by atoms with Gasteiger partial charge in [-0.25, -0.2) is 0 Å². The normalized spacial score (nSPS) is 31.6. The van der Waals surface area contributed by atoms with Gasteiger partial charge in [0.05, 0.1) is 5.60 Å². The summed E-state index contributed by atoms with van der Waals surface area (Å²) in [5, 5.41) is 13.6. The first-order chi connectivity index (χ1) is 7.62. The van der Waals surface area contributed by atoms with Gasteiger partial charge < -0.3 is 10.4 Å². The molecular weight excluding hydrogens is 198 g/mol. The number of nitrogens with one attached hydrogen (secondary N) is 1. The van der Waals surface area contributed by atoms with E-state index in [4.69, 9.17) is 0 Å². The van der Waals surface area contributed by atoms with Crippen LogP contribution in [0.15, 0.2) is 24.3 Å². The first-order valence-electron chi connectivity index (χ1n) is 6.21. The van der Waals surface area contributed by atoms with E-state index in [0.29, 0.717) is 0 Å². The minimum absolute atomic E-state index is 0.144. The average Bonchev–Trinajstić information content (AvgIpc) is 2.89. The van der Waals surface area contributed by atoms with Crippen LogP contribution in [0.4, 0.5) is 0 Å². The van der Waals surface area contributed by atoms with E-state index in [1.165, 1.54) is 18.4 Å². The molecule has 1 aliphatic carbocycles. The van der Waals surface area contributed by atoms with Gasteiger partial charge in [0.1, 0.15) is 0 Å². The molecule has 1 saturated carbocycles. The fourth-order valence-corrected chi connectivity index (χ4v) is 2.70. The average molecular weight is 217 g/mol. The molecule has 3 rings (SSSR count). The SMILES string of the molecule is CC1(c2ccc(C3(O)CC3)cc2)CCCN1. The Balaban J connectivity index is 1.87. The molecule has 0 amide bonds. The number of hydrogen-bond donors (Lipinski definition) is 2. The van der Waals surface area contributed by atoms with Crippen molar-refractivity contribution in [3.63, 3.8) is 0 Å². The van der Waals surface area contributed by atoms with Gasteiger partial charge in [0.25, 0.3) is 0 Å². The van der Waals surface area contributed by atoms with Crippen LogP contribution in [-0.2, 0) is 11.1 Å². The Morgan fingerprint density at radius 3 is 2.19 bits per heavy atom. The maximum absolute atomic E-state index is 10.0. The van der Waals surface area contributed by atoms with Gasteiger partial charge in [-0.3, -0.25) is 0 Å². The summed E-state index contributed by atoms with van der Waals surface area (Å²) in [7, 11) is 0. The van der Waals surface area contributed by atoms with E-state index in [1.54, 1.807) is 0 Å². The Morgan fingerprint density at radius 1 is 1.06 bits per heavy atom. The van der Waals surface area contributed by atoms with Crippen LogP contribution in [0.1, 0.15) is 43.7 Å². The molecule has 1 heterocycles. The highest BCUT2D eigenvalue weighted by Crippen LogP contribution is 2.45. The van der Waals surface area contributed by atoms with Crippen molar-refractivity contribution in [2.24, 2.45) is 0 Å². The molecule has 1 saturated heterocycles. The largest absolute Gasteiger partial charge is 0.385 e. The zero-order chi connectivity index (χ0) is 11.2. The summed E-state index contributed by atoms with van der Waals surface area (Å²) >= 11 is 0. The molecule has 1 aromatic rings. The molecule has 1 atom stereocenters. The van der Waals surface area contributed by atoms with Crippen LogP contribution in [0.25, 0.3) is 0 Å². The highest BCUT2D eigenvalue weighted by molar-refractivity contribution is 5.34. The molecule has 2 fully saturated rings. The summed E-state index contributed by atoms with van der Waals surface area (Å²) < 4.78 is 0. The second-order valence-corrected chi connectivity index (χ2v) is 5.47. The minimum atomic E-state index is -0.497. The highest BCUT2D eigenvalue weighted by Gasteiger charge is 2.42. The van der Waals surface area contributed by atoms with E-state index in [-0.39, 0.29) is 5.54 Å². The molecule has 86 valence electrons. The Kier molecular flexibility index (Phi) is 2.13. The smallest absolute Gasteiger partial charge is 0.0899 e. The monoisotopic (exact) mass is 217 g/mol. The predicted octanol–water partition coefficient (Wildman–Crippen LogP) is 2.27. The Bertz CT molecular complexity index is 386. The lowest BCUT2D eigenvalue weighted by atomic mass is 9.89. The molecule has 0 spiro atoms. The van der Waals surface area contributed by atoms with E-state index in [1.807, 2.05) is 0 Å². The van der Waals surface area contributed by atoms with Crippen LogP contribution >= 0.6 is 0 Å². The van der Waals surface area contributed by atoms with Crippen molar-refractivity contribution in [1.82, 2.24) is 5.32 Å².